The maximum Gasteiger partial charge on any atom is 0.248 e. The molecule has 0 aliphatic heterocycles. The molecule has 142 valence electrons. The number of rotatable bonds is 5. The zero-order valence-corrected chi connectivity index (χ0v) is 16.7. The summed E-state index contributed by atoms with van der Waals surface area (Å²) >= 11 is 12.8. The topological polar surface area (TPSA) is 117 Å². The van der Waals surface area contributed by atoms with E-state index in [0.29, 0.717) is 26.9 Å². The minimum Gasteiger partial charge on any atom is -0.368 e. The molecule has 4 N–H and O–H groups in total. The number of sulfonamides is 1. The zero-order chi connectivity index (χ0) is 19.8. The number of aromatic nitrogens is 3. The molecule has 1 aromatic heterocycles. The Labute approximate surface area is 166 Å². The lowest BCUT2D eigenvalue weighted by molar-refractivity contribution is 0.521. The van der Waals surface area contributed by atoms with Gasteiger partial charge in [-0.2, -0.15) is 4.98 Å². The third-order valence-electron chi connectivity index (χ3n) is 3.72. The molecule has 8 nitrogen and oxygen atoms in total. The molecular weight excluding hydrogens is 411 g/mol. The summed E-state index contributed by atoms with van der Waals surface area (Å²) in [6, 6.07) is 9.68. The van der Waals surface area contributed by atoms with Crippen LogP contribution in [0.2, 0.25) is 10.0 Å². The zero-order valence-electron chi connectivity index (χ0n) is 14.4. The van der Waals surface area contributed by atoms with Crippen LogP contribution in [0.5, 0.6) is 0 Å². The van der Waals surface area contributed by atoms with Crippen molar-refractivity contribution in [3.05, 3.63) is 46.4 Å². The van der Waals surface area contributed by atoms with Crippen molar-refractivity contribution in [3.8, 4) is 11.1 Å². The first-order chi connectivity index (χ1) is 12.7. The third kappa shape index (κ3) is 4.01. The van der Waals surface area contributed by atoms with Gasteiger partial charge in [0.2, 0.25) is 21.9 Å². The van der Waals surface area contributed by atoms with Crippen LogP contribution in [-0.2, 0) is 10.0 Å². The molecule has 0 amide bonds. The number of anilines is 3. The molecule has 0 saturated carbocycles. The highest BCUT2D eigenvalue weighted by Gasteiger charge is 2.18. The van der Waals surface area contributed by atoms with E-state index in [1.165, 1.54) is 26.2 Å². The fourth-order valence-electron chi connectivity index (χ4n) is 2.38. The van der Waals surface area contributed by atoms with Crippen molar-refractivity contribution in [2.75, 3.05) is 25.1 Å². The van der Waals surface area contributed by atoms with Crippen LogP contribution < -0.4 is 11.1 Å². The van der Waals surface area contributed by atoms with E-state index in [2.05, 4.69) is 20.5 Å². The van der Waals surface area contributed by atoms with Crippen LogP contribution in [0.3, 0.4) is 0 Å². The SMILES string of the molecule is CN(C)S(=O)(=O)c1ccc(-c2c(Cl)cc(Nc3n[nH]c(N)n3)cc2Cl)cc1. The number of nitrogen functional groups attached to an aromatic ring is 1. The molecule has 0 unspecified atom stereocenters. The Bertz CT molecular complexity index is 1060. The van der Waals surface area contributed by atoms with Gasteiger partial charge in [-0.05, 0) is 29.8 Å². The number of aromatic amines is 1. The summed E-state index contributed by atoms with van der Waals surface area (Å²) in [5.41, 5.74) is 7.35. The van der Waals surface area contributed by atoms with Gasteiger partial charge in [0.05, 0.1) is 14.9 Å². The van der Waals surface area contributed by atoms with Crippen LogP contribution in [0.1, 0.15) is 0 Å². The Hall–Kier alpha value is -2.33. The van der Waals surface area contributed by atoms with E-state index in [0.717, 1.165) is 4.31 Å². The fourth-order valence-corrected chi connectivity index (χ4v) is 3.99. The van der Waals surface area contributed by atoms with Crippen molar-refractivity contribution in [3.63, 3.8) is 0 Å². The summed E-state index contributed by atoms with van der Waals surface area (Å²) in [5, 5.41) is 10.1. The van der Waals surface area contributed by atoms with E-state index < -0.39 is 10.0 Å². The van der Waals surface area contributed by atoms with Crippen molar-refractivity contribution in [1.82, 2.24) is 19.5 Å². The molecule has 1 heterocycles. The van der Waals surface area contributed by atoms with Crippen LogP contribution >= 0.6 is 23.2 Å². The summed E-state index contributed by atoms with van der Waals surface area (Å²) in [7, 11) is -0.552. The van der Waals surface area contributed by atoms with Gasteiger partial charge >= 0.3 is 0 Å². The van der Waals surface area contributed by atoms with Crippen molar-refractivity contribution < 1.29 is 8.42 Å². The lowest BCUT2D eigenvalue weighted by Crippen LogP contribution is -2.22. The first-order valence-corrected chi connectivity index (χ1v) is 9.85. The van der Waals surface area contributed by atoms with E-state index in [4.69, 9.17) is 28.9 Å². The average molecular weight is 427 g/mol. The Morgan fingerprint density at radius 3 is 2.19 bits per heavy atom. The molecule has 27 heavy (non-hydrogen) atoms. The molecule has 0 radical (unpaired) electrons. The molecule has 0 atom stereocenters. The Morgan fingerprint density at radius 1 is 1.11 bits per heavy atom. The van der Waals surface area contributed by atoms with Gasteiger partial charge in [0.1, 0.15) is 0 Å². The lowest BCUT2D eigenvalue weighted by Gasteiger charge is -2.13. The summed E-state index contributed by atoms with van der Waals surface area (Å²) < 4.78 is 25.5. The number of nitrogens with one attached hydrogen (secondary N) is 2. The number of hydrogen-bond donors (Lipinski definition) is 3. The van der Waals surface area contributed by atoms with Gasteiger partial charge in [0.15, 0.2) is 0 Å². The monoisotopic (exact) mass is 426 g/mol. The maximum absolute atomic E-state index is 12.2. The first kappa shape index (κ1) is 19.4. The van der Waals surface area contributed by atoms with E-state index in [-0.39, 0.29) is 16.8 Å². The van der Waals surface area contributed by atoms with Crippen molar-refractivity contribution in [2.24, 2.45) is 0 Å². The highest BCUT2D eigenvalue weighted by Crippen LogP contribution is 2.38. The van der Waals surface area contributed by atoms with Crippen molar-refractivity contribution in [2.45, 2.75) is 4.90 Å². The number of nitrogens with zero attached hydrogens (tertiary/aromatic N) is 3. The third-order valence-corrected chi connectivity index (χ3v) is 6.15. The molecule has 0 bridgehead atoms. The summed E-state index contributed by atoms with van der Waals surface area (Å²) in [5.74, 6) is 0.463. The summed E-state index contributed by atoms with van der Waals surface area (Å²) in [6.45, 7) is 0. The van der Waals surface area contributed by atoms with E-state index in [1.807, 2.05) is 0 Å². The van der Waals surface area contributed by atoms with Gasteiger partial charge < -0.3 is 11.1 Å². The lowest BCUT2D eigenvalue weighted by atomic mass is 10.1. The fraction of sp³-hybridized carbons (Fsp3) is 0.125. The van der Waals surface area contributed by atoms with Crippen LogP contribution in [0.4, 0.5) is 17.6 Å². The molecule has 3 aromatic rings. The van der Waals surface area contributed by atoms with Crippen LogP contribution in [0.25, 0.3) is 11.1 Å². The Kier molecular flexibility index (Phi) is 5.29. The Morgan fingerprint density at radius 2 is 1.70 bits per heavy atom. The Balaban J connectivity index is 1.93. The molecular formula is C16H16Cl2N6O2S. The van der Waals surface area contributed by atoms with Crippen molar-refractivity contribution in [1.29, 1.82) is 0 Å². The number of H-pyrrole nitrogens is 1. The minimum atomic E-state index is -3.51. The second kappa shape index (κ2) is 7.35. The van der Waals surface area contributed by atoms with Crippen LogP contribution in [0.15, 0.2) is 41.3 Å². The van der Waals surface area contributed by atoms with E-state index >= 15 is 0 Å². The van der Waals surface area contributed by atoms with Gasteiger partial charge in [0, 0.05) is 25.3 Å². The quantitative estimate of drug-likeness (QED) is 0.575. The molecule has 0 aliphatic carbocycles. The predicted octanol–water partition coefficient (Wildman–Crippen LogP) is 3.35. The van der Waals surface area contributed by atoms with Crippen LogP contribution in [0, 0.1) is 0 Å². The maximum atomic E-state index is 12.2. The second-order valence-corrected chi connectivity index (χ2v) is 8.76. The van der Waals surface area contributed by atoms with Gasteiger partial charge in [-0.1, -0.05) is 35.3 Å². The summed E-state index contributed by atoms with van der Waals surface area (Å²) in [6.07, 6.45) is 0. The number of halogens is 2. The molecule has 3 rings (SSSR count). The number of hydrogen-bond acceptors (Lipinski definition) is 6. The molecule has 2 aromatic carbocycles. The van der Waals surface area contributed by atoms with Gasteiger partial charge in [0.25, 0.3) is 0 Å². The standard InChI is InChI=1S/C16H16Cl2N6O2S/c1-24(2)27(25,26)11-5-3-9(4-6-11)14-12(17)7-10(8-13(14)18)20-16-21-15(19)22-23-16/h3-8H,1-2H3,(H4,19,20,21,22,23). The predicted molar refractivity (Wildman–Crippen MR) is 107 cm³/mol. The van der Waals surface area contributed by atoms with Gasteiger partial charge in [-0.25, -0.2) is 17.8 Å². The largest absolute Gasteiger partial charge is 0.368 e. The second-order valence-electron chi connectivity index (χ2n) is 5.80. The van der Waals surface area contributed by atoms with E-state index in [9.17, 15) is 8.42 Å². The van der Waals surface area contributed by atoms with E-state index in [1.54, 1.807) is 24.3 Å². The first-order valence-electron chi connectivity index (χ1n) is 7.65. The molecule has 0 saturated heterocycles. The normalized spacial score (nSPS) is 11.7. The molecule has 11 heteroatoms. The van der Waals surface area contributed by atoms with Gasteiger partial charge in [-0.3, -0.25) is 0 Å². The van der Waals surface area contributed by atoms with Gasteiger partial charge in [-0.15, -0.1) is 5.10 Å². The number of nitrogens with two attached hydrogens (primary N) is 1. The summed E-state index contributed by atoms with van der Waals surface area (Å²) in [4.78, 5) is 4.13. The average Bonchev–Trinajstić information content (AvgIpc) is 2.99. The van der Waals surface area contributed by atoms with Crippen molar-refractivity contribution >= 4 is 50.8 Å². The highest BCUT2D eigenvalue weighted by atomic mass is 35.5. The smallest absolute Gasteiger partial charge is 0.248 e. The molecule has 0 aliphatic rings. The highest BCUT2D eigenvalue weighted by molar-refractivity contribution is 7.89. The number of benzene rings is 2. The molecule has 0 spiro atoms. The molecule has 0 fully saturated rings. The minimum absolute atomic E-state index is 0.180. The van der Waals surface area contributed by atoms with Crippen LogP contribution in [-0.4, -0.2) is 42.0 Å².